The minimum absolute atomic E-state index is 0.745. The van der Waals surface area contributed by atoms with E-state index in [9.17, 15) is 0 Å². The van der Waals surface area contributed by atoms with Crippen LogP contribution in [0.4, 0.5) is 5.69 Å². The van der Waals surface area contributed by atoms with Crippen LogP contribution in [-0.4, -0.2) is 33.0 Å². The Kier molecular flexibility index (Phi) is 4.04. The third kappa shape index (κ3) is 2.86. The van der Waals surface area contributed by atoms with Gasteiger partial charge in [-0.05, 0) is 37.5 Å². The van der Waals surface area contributed by atoms with Crippen LogP contribution in [0.15, 0.2) is 66.9 Å². The van der Waals surface area contributed by atoms with Gasteiger partial charge in [0.25, 0.3) is 0 Å². The summed E-state index contributed by atoms with van der Waals surface area (Å²) in [5.74, 6) is 0.745. The average Bonchev–Trinajstić information content (AvgIpc) is 2.83. The number of aromatic nitrogens is 4. The molecular formula is C25H21N5. The Hall–Kier alpha value is -3.60. The van der Waals surface area contributed by atoms with Crippen molar-refractivity contribution >= 4 is 38.7 Å². The standard InChI is InChI=1S/C25H21N5/c1-3-9-17(10-4-1)25-26-16-18-23-21(27-19-11-5-6-12-20(19)28-23)15-22(24(18)29-25)30-13-7-2-8-14-30/h1,3-6,9-12,15-16H,2,7-8,13-14H2. The number of para-hydroxylation sites is 2. The Morgan fingerprint density at radius 1 is 0.667 bits per heavy atom. The van der Waals surface area contributed by atoms with Crippen molar-refractivity contribution in [2.75, 3.05) is 18.0 Å². The van der Waals surface area contributed by atoms with E-state index >= 15 is 0 Å². The third-order valence-electron chi connectivity index (χ3n) is 5.89. The highest BCUT2D eigenvalue weighted by Gasteiger charge is 2.19. The minimum atomic E-state index is 0.745. The Morgan fingerprint density at radius 2 is 1.40 bits per heavy atom. The molecule has 0 aliphatic carbocycles. The van der Waals surface area contributed by atoms with E-state index in [1.54, 1.807) is 0 Å². The van der Waals surface area contributed by atoms with Crippen molar-refractivity contribution < 1.29 is 0 Å². The number of piperidine rings is 1. The molecule has 0 atom stereocenters. The van der Waals surface area contributed by atoms with E-state index < -0.39 is 0 Å². The predicted molar refractivity (Wildman–Crippen MR) is 122 cm³/mol. The van der Waals surface area contributed by atoms with Crippen molar-refractivity contribution in [1.29, 1.82) is 0 Å². The first-order valence-corrected chi connectivity index (χ1v) is 10.5. The van der Waals surface area contributed by atoms with Gasteiger partial charge < -0.3 is 4.90 Å². The summed E-state index contributed by atoms with van der Waals surface area (Å²) in [6, 6.07) is 20.3. The molecule has 2 aromatic heterocycles. The first-order chi connectivity index (χ1) is 14.9. The molecule has 6 rings (SSSR count). The van der Waals surface area contributed by atoms with E-state index in [1.807, 2.05) is 48.7 Å². The zero-order valence-electron chi connectivity index (χ0n) is 16.6. The Labute approximate surface area is 174 Å². The summed E-state index contributed by atoms with van der Waals surface area (Å²) in [7, 11) is 0. The molecule has 1 saturated heterocycles. The summed E-state index contributed by atoms with van der Waals surface area (Å²) in [4.78, 5) is 22.0. The summed E-state index contributed by atoms with van der Waals surface area (Å²) in [6.07, 6.45) is 5.62. The van der Waals surface area contributed by atoms with Gasteiger partial charge in [0, 0.05) is 30.2 Å². The third-order valence-corrected chi connectivity index (χ3v) is 5.89. The molecular weight excluding hydrogens is 370 g/mol. The van der Waals surface area contributed by atoms with Crippen molar-refractivity contribution in [2.24, 2.45) is 0 Å². The number of anilines is 1. The number of benzene rings is 3. The maximum Gasteiger partial charge on any atom is 0.159 e. The molecule has 146 valence electrons. The molecule has 5 aromatic rings. The van der Waals surface area contributed by atoms with Gasteiger partial charge >= 0.3 is 0 Å². The highest BCUT2D eigenvalue weighted by Crippen LogP contribution is 2.34. The SMILES string of the molecule is c1ccc(-c2ncc3c(n2)c(N2CCCCC2)cc2nc4ccccc4nc23)cc1. The molecule has 0 bridgehead atoms. The summed E-state index contributed by atoms with van der Waals surface area (Å²) in [6.45, 7) is 2.10. The molecule has 0 N–H and O–H groups in total. The lowest BCUT2D eigenvalue weighted by molar-refractivity contribution is 0.579. The molecule has 3 heterocycles. The van der Waals surface area contributed by atoms with Crippen LogP contribution in [0.3, 0.4) is 0 Å². The van der Waals surface area contributed by atoms with Gasteiger partial charge in [-0.3, -0.25) is 0 Å². The fourth-order valence-electron chi connectivity index (χ4n) is 4.36. The van der Waals surface area contributed by atoms with Gasteiger partial charge in [0.05, 0.1) is 27.8 Å². The van der Waals surface area contributed by atoms with E-state index in [1.165, 1.54) is 19.3 Å². The fraction of sp³-hybridized carbons (Fsp3) is 0.200. The monoisotopic (exact) mass is 391 g/mol. The summed E-state index contributed by atoms with van der Waals surface area (Å²) < 4.78 is 0. The quantitative estimate of drug-likeness (QED) is 0.299. The number of hydrogen-bond donors (Lipinski definition) is 0. The molecule has 0 spiro atoms. The molecule has 0 radical (unpaired) electrons. The van der Waals surface area contributed by atoms with Gasteiger partial charge in [-0.15, -0.1) is 0 Å². The minimum Gasteiger partial charge on any atom is -0.370 e. The number of fused-ring (bicyclic) bond motifs is 4. The predicted octanol–water partition coefficient (Wildman–Crippen LogP) is 5.38. The van der Waals surface area contributed by atoms with Crippen LogP contribution in [0.25, 0.3) is 44.4 Å². The number of nitrogens with zero attached hydrogens (tertiary/aromatic N) is 5. The summed E-state index contributed by atoms with van der Waals surface area (Å²) >= 11 is 0. The number of hydrogen-bond acceptors (Lipinski definition) is 5. The molecule has 1 aliphatic heterocycles. The Balaban J connectivity index is 1.66. The molecule has 5 heteroatoms. The first-order valence-electron chi connectivity index (χ1n) is 10.5. The molecule has 0 amide bonds. The van der Waals surface area contributed by atoms with Crippen molar-refractivity contribution in [3.8, 4) is 11.4 Å². The maximum atomic E-state index is 5.03. The van der Waals surface area contributed by atoms with Crippen LogP contribution >= 0.6 is 0 Å². The fourth-order valence-corrected chi connectivity index (χ4v) is 4.36. The van der Waals surface area contributed by atoms with E-state index in [0.29, 0.717) is 0 Å². The van der Waals surface area contributed by atoms with Crippen LogP contribution in [0.2, 0.25) is 0 Å². The maximum absolute atomic E-state index is 5.03. The van der Waals surface area contributed by atoms with Crippen LogP contribution in [0.5, 0.6) is 0 Å². The Morgan fingerprint density at radius 3 is 2.20 bits per heavy atom. The summed E-state index contributed by atoms with van der Waals surface area (Å²) in [5, 5.41) is 0.964. The van der Waals surface area contributed by atoms with E-state index in [-0.39, 0.29) is 0 Å². The van der Waals surface area contributed by atoms with Gasteiger partial charge in [0.1, 0.15) is 5.52 Å². The Bertz CT molecular complexity index is 1370. The van der Waals surface area contributed by atoms with E-state index in [4.69, 9.17) is 19.9 Å². The van der Waals surface area contributed by atoms with Gasteiger partial charge in [0.2, 0.25) is 0 Å². The highest BCUT2D eigenvalue weighted by atomic mass is 15.1. The van der Waals surface area contributed by atoms with Crippen molar-refractivity contribution in [1.82, 2.24) is 19.9 Å². The van der Waals surface area contributed by atoms with Gasteiger partial charge in [-0.2, -0.15) is 0 Å². The molecule has 0 unspecified atom stereocenters. The molecule has 3 aromatic carbocycles. The van der Waals surface area contributed by atoms with E-state index in [2.05, 4.69) is 23.1 Å². The zero-order valence-corrected chi connectivity index (χ0v) is 16.6. The van der Waals surface area contributed by atoms with Crippen molar-refractivity contribution in [3.05, 3.63) is 66.9 Å². The normalized spacial score (nSPS) is 14.6. The van der Waals surface area contributed by atoms with Gasteiger partial charge in [-0.1, -0.05) is 42.5 Å². The first kappa shape index (κ1) is 17.3. The molecule has 0 saturated carbocycles. The van der Waals surface area contributed by atoms with Gasteiger partial charge in [-0.25, -0.2) is 19.9 Å². The molecule has 1 fully saturated rings. The topological polar surface area (TPSA) is 54.8 Å². The highest BCUT2D eigenvalue weighted by molar-refractivity contribution is 6.10. The van der Waals surface area contributed by atoms with Crippen LogP contribution in [0, 0.1) is 0 Å². The van der Waals surface area contributed by atoms with Crippen molar-refractivity contribution in [3.63, 3.8) is 0 Å². The lowest BCUT2D eigenvalue weighted by Gasteiger charge is -2.29. The molecule has 30 heavy (non-hydrogen) atoms. The molecule has 5 nitrogen and oxygen atoms in total. The summed E-state index contributed by atoms with van der Waals surface area (Å²) in [5.41, 5.74) is 6.69. The molecule has 1 aliphatic rings. The lowest BCUT2D eigenvalue weighted by atomic mass is 10.1. The second kappa shape index (κ2) is 7.02. The largest absolute Gasteiger partial charge is 0.370 e. The smallest absolute Gasteiger partial charge is 0.159 e. The van der Waals surface area contributed by atoms with Crippen LogP contribution in [-0.2, 0) is 0 Å². The van der Waals surface area contributed by atoms with Gasteiger partial charge in [0.15, 0.2) is 5.82 Å². The average molecular weight is 391 g/mol. The van der Waals surface area contributed by atoms with E-state index in [0.717, 1.165) is 63.1 Å². The second-order valence-electron chi connectivity index (χ2n) is 7.85. The lowest BCUT2D eigenvalue weighted by Crippen LogP contribution is -2.29. The van der Waals surface area contributed by atoms with Crippen LogP contribution < -0.4 is 4.90 Å². The second-order valence-corrected chi connectivity index (χ2v) is 7.85. The number of rotatable bonds is 2. The van der Waals surface area contributed by atoms with Crippen molar-refractivity contribution in [2.45, 2.75) is 19.3 Å². The van der Waals surface area contributed by atoms with Crippen LogP contribution in [0.1, 0.15) is 19.3 Å². The zero-order chi connectivity index (χ0) is 19.9.